The number of hydrogen-bond acceptors (Lipinski definition) is 1. The summed E-state index contributed by atoms with van der Waals surface area (Å²) in [4.78, 5) is 13.8. The average Bonchev–Trinajstić information content (AvgIpc) is 2.49. The van der Waals surface area contributed by atoms with Crippen LogP contribution in [0.3, 0.4) is 0 Å². The van der Waals surface area contributed by atoms with Gasteiger partial charge in [0.25, 0.3) is 5.91 Å². The van der Waals surface area contributed by atoms with Gasteiger partial charge in [-0.25, -0.2) is 0 Å². The molecule has 0 atom stereocenters. The van der Waals surface area contributed by atoms with Crippen LogP contribution in [-0.4, -0.2) is 17.9 Å². The summed E-state index contributed by atoms with van der Waals surface area (Å²) in [6.07, 6.45) is -4.43. The number of halogens is 3. The third kappa shape index (κ3) is 3.73. The highest BCUT2D eigenvalue weighted by Crippen LogP contribution is 2.32. The van der Waals surface area contributed by atoms with E-state index in [1.807, 2.05) is 19.9 Å². The number of alkyl halides is 3. The molecule has 0 N–H and O–H groups in total. The molecule has 0 unspecified atom stereocenters. The Balaban J connectivity index is 2.28. The molecule has 0 spiro atoms. The quantitative estimate of drug-likeness (QED) is 0.809. The smallest absolute Gasteiger partial charge is 0.337 e. The lowest BCUT2D eigenvalue weighted by Gasteiger charge is -2.21. The highest BCUT2D eigenvalue weighted by Gasteiger charge is 2.33. The van der Waals surface area contributed by atoms with Gasteiger partial charge in [0.15, 0.2) is 0 Å². The Bertz CT molecular complexity index is 722. The average molecular weight is 321 g/mol. The van der Waals surface area contributed by atoms with Crippen LogP contribution in [0.4, 0.5) is 13.2 Å². The minimum Gasteiger partial charge on any atom is -0.337 e. The normalized spacial score (nSPS) is 11.4. The summed E-state index contributed by atoms with van der Waals surface area (Å²) < 4.78 is 39.1. The number of nitrogens with zero attached hydrogens (tertiary/aromatic N) is 1. The lowest BCUT2D eigenvalue weighted by Crippen LogP contribution is -2.28. The predicted octanol–water partition coefficient (Wildman–Crippen LogP) is 4.59. The molecule has 2 aromatic carbocycles. The maximum absolute atomic E-state index is 13.0. The first-order valence-electron chi connectivity index (χ1n) is 7.18. The van der Waals surface area contributed by atoms with Crippen LogP contribution >= 0.6 is 0 Å². The molecule has 23 heavy (non-hydrogen) atoms. The van der Waals surface area contributed by atoms with E-state index in [0.717, 1.165) is 17.2 Å². The molecular formula is C18H18F3NO. The minimum atomic E-state index is -4.43. The number of carbonyl (C=O) groups excluding carboxylic acids is 1. The second kappa shape index (κ2) is 6.44. The van der Waals surface area contributed by atoms with Gasteiger partial charge in [-0.2, -0.15) is 13.2 Å². The molecule has 0 aromatic heterocycles. The van der Waals surface area contributed by atoms with E-state index in [-0.39, 0.29) is 18.0 Å². The summed E-state index contributed by atoms with van der Waals surface area (Å²) in [6.45, 7) is 3.63. The van der Waals surface area contributed by atoms with Crippen LogP contribution < -0.4 is 0 Å². The largest absolute Gasteiger partial charge is 0.416 e. The Labute approximate surface area is 133 Å². The monoisotopic (exact) mass is 321 g/mol. The molecule has 122 valence electrons. The highest BCUT2D eigenvalue weighted by molar-refractivity contribution is 5.95. The summed E-state index contributed by atoms with van der Waals surface area (Å²) in [6, 6.07) is 10.7. The fourth-order valence-electron chi connectivity index (χ4n) is 2.45. The molecule has 0 fully saturated rings. The molecule has 0 aliphatic heterocycles. The van der Waals surface area contributed by atoms with E-state index in [1.54, 1.807) is 18.2 Å². The van der Waals surface area contributed by atoms with Crippen molar-refractivity contribution in [2.24, 2.45) is 0 Å². The molecule has 1 amide bonds. The Hall–Kier alpha value is -2.30. The van der Waals surface area contributed by atoms with Crippen LogP contribution in [0.1, 0.15) is 32.6 Å². The molecule has 5 heteroatoms. The lowest BCUT2D eigenvalue weighted by atomic mass is 10.0. The fraction of sp³-hybridized carbons (Fsp3) is 0.278. The Kier molecular flexibility index (Phi) is 4.78. The topological polar surface area (TPSA) is 20.3 Å². The first kappa shape index (κ1) is 17.1. The maximum Gasteiger partial charge on any atom is 0.416 e. The van der Waals surface area contributed by atoms with Gasteiger partial charge >= 0.3 is 6.18 Å². The van der Waals surface area contributed by atoms with Gasteiger partial charge in [-0.15, -0.1) is 0 Å². The molecule has 2 rings (SSSR count). The number of rotatable bonds is 3. The second-order valence-corrected chi connectivity index (χ2v) is 5.56. The second-order valence-electron chi connectivity index (χ2n) is 5.56. The van der Waals surface area contributed by atoms with E-state index in [1.165, 1.54) is 24.1 Å². The van der Waals surface area contributed by atoms with Crippen molar-refractivity contribution >= 4 is 5.91 Å². The first-order valence-corrected chi connectivity index (χ1v) is 7.18. The summed E-state index contributed by atoms with van der Waals surface area (Å²) in [7, 11) is 1.51. The third-order valence-corrected chi connectivity index (χ3v) is 3.91. The summed E-state index contributed by atoms with van der Waals surface area (Å²) >= 11 is 0. The Morgan fingerprint density at radius 3 is 2.35 bits per heavy atom. The van der Waals surface area contributed by atoms with Crippen molar-refractivity contribution in [1.82, 2.24) is 4.90 Å². The molecule has 0 heterocycles. The van der Waals surface area contributed by atoms with Gasteiger partial charge in [-0.05, 0) is 42.7 Å². The summed E-state index contributed by atoms with van der Waals surface area (Å²) in [5, 5.41) is 0. The fourth-order valence-corrected chi connectivity index (χ4v) is 2.45. The van der Waals surface area contributed by atoms with Gasteiger partial charge in [0.05, 0.1) is 5.56 Å². The van der Waals surface area contributed by atoms with Gasteiger partial charge in [0.2, 0.25) is 0 Å². The van der Waals surface area contributed by atoms with Crippen molar-refractivity contribution < 1.29 is 18.0 Å². The zero-order valence-electron chi connectivity index (χ0n) is 13.2. The number of benzene rings is 2. The number of aryl methyl sites for hydroxylation is 1. The van der Waals surface area contributed by atoms with Crippen molar-refractivity contribution in [3.05, 3.63) is 70.3 Å². The van der Waals surface area contributed by atoms with Crippen LogP contribution in [0.25, 0.3) is 0 Å². The number of carbonyl (C=O) groups is 1. The summed E-state index contributed by atoms with van der Waals surface area (Å²) in [5.74, 6) is -0.289. The van der Waals surface area contributed by atoms with E-state index in [4.69, 9.17) is 0 Å². The van der Waals surface area contributed by atoms with Crippen molar-refractivity contribution in [1.29, 1.82) is 0 Å². The van der Waals surface area contributed by atoms with Crippen molar-refractivity contribution in [2.75, 3.05) is 7.05 Å². The molecule has 0 saturated heterocycles. The van der Waals surface area contributed by atoms with E-state index < -0.39 is 11.7 Å². The van der Waals surface area contributed by atoms with Gasteiger partial charge in [0.1, 0.15) is 0 Å². The van der Waals surface area contributed by atoms with E-state index >= 15 is 0 Å². The first-order chi connectivity index (χ1) is 10.7. The third-order valence-electron chi connectivity index (χ3n) is 3.91. The van der Waals surface area contributed by atoms with Gasteiger partial charge < -0.3 is 4.90 Å². The van der Waals surface area contributed by atoms with Crippen molar-refractivity contribution in [3.63, 3.8) is 0 Å². The molecule has 2 aromatic rings. The maximum atomic E-state index is 13.0. The van der Waals surface area contributed by atoms with E-state index in [0.29, 0.717) is 5.56 Å². The Morgan fingerprint density at radius 1 is 1.04 bits per heavy atom. The van der Waals surface area contributed by atoms with Gasteiger partial charge in [0, 0.05) is 19.2 Å². The van der Waals surface area contributed by atoms with Gasteiger partial charge in [-0.3, -0.25) is 4.79 Å². The van der Waals surface area contributed by atoms with Crippen molar-refractivity contribution in [2.45, 2.75) is 26.6 Å². The zero-order valence-corrected chi connectivity index (χ0v) is 13.2. The standard InChI is InChI=1S/C18H18F3NO/c1-12-7-6-9-15(13(12)2)17(23)22(3)11-14-8-4-5-10-16(14)18(19,20)21/h4-10H,11H2,1-3H3. The van der Waals surface area contributed by atoms with Gasteiger partial charge in [-0.1, -0.05) is 30.3 Å². The molecule has 2 nitrogen and oxygen atoms in total. The highest BCUT2D eigenvalue weighted by atomic mass is 19.4. The molecule has 0 aliphatic rings. The van der Waals surface area contributed by atoms with Crippen LogP contribution in [0.15, 0.2) is 42.5 Å². The molecule has 0 aliphatic carbocycles. The molecule has 0 bridgehead atoms. The number of amides is 1. The SMILES string of the molecule is Cc1cccc(C(=O)N(C)Cc2ccccc2C(F)(F)F)c1C. The van der Waals surface area contributed by atoms with Crippen LogP contribution in [0.5, 0.6) is 0 Å². The van der Waals surface area contributed by atoms with Crippen molar-refractivity contribution in [3.8, 4) is 0 Å². The van der Waals surface area contributed by atoms with Crippen LogP contribution in [0.2, 0.25) is 0 Å². The van der Waals surface area contributed by atoms with E-state index in [2.05, 4.69) is 0 Å². The summed E-state index contributed by atoms with van der Waals surface area (Å²) in [5.41, 5.74) is 1.70. The molecular weight excluding hydrogens is 303 g/mol. The molecule has 0 radical (unpaired) electrons. The predicted molar refractivity (Wildman–Crippen MR) is 83.2 cm³/mol. The minimum absolute atomic E-state index is 0.0844. The zero-order chi connectivity index (χ0) is 17.2. The number of hydrogen-bond donors (Lipinski definition) is 0. The Morgan fingerprint density at radius 2 is 1.70 bits per heavy atom. The van der Waals surface area contributed by atoms with Crippen LogP contribution in [0, 0.1) is 13.8 Å². The molecule has 0 saturated carbocycles. The lowest BCUT2D eigenvalue weighted by molar-refractivity contribution is -0.138. The van der Waals surface area contributed by atoms with Crippen LogP contribution in [-0.2, 0) is 12.7 Å². The van der Waals surface area contributed by atoms with E-state index in [9.17, 15) is 18.0 Å².